The van der Waals surface area contributed by atoms with Crippen molar-refractivity contribution in [2.75, 3.05) is 11.5 Å². The van der Waals surface area contributed by atoms with Crippen LogP contribution in [0.4, 0.5) is 23.0 Å². The monoisotopic (exact) mass is 622 g/mol. The number of rotatable bonds is 8. The molecule has 0 atom stereocenters. The van der Waals surface area contributed by atoms with E-state index in [1.807, 2.05) is 0 Å². The molecule has 18 heteroatoms. The van der Waals surface area contributed by atoms with Gasteiger partial charge in [-0.3, -0.25) is 25.0 Å². The van der Waals surface area contributed by atoms with Crippen molar-refractivity contribution in [1.29, 1.82) is 0 Å². The van der Waals surface area contributed by atoms with E-state index in [0.717, 1.165) is 0 Å². The Morgan fingerprint density at radius 1 is 0.717 bits per heavy atom. The van der Waals surface area contributed by atoms with Crippen LogP contribution in [0.25, 0.3) is 33.9 Å². The molecule has 6 rings (SSSR count). The van der Waals surface area contributed by atoms with Crippen LogP contribution in [0.15, 0.2) is 86.0 Å². The van der Waals surface area contributed by atoms with Gasteiger partial charge in [0.15, 0.2) is 17.9 Å². The van der Waals surface area contributed by atoms with E-state index in [0.29, 0.717) is 51.3 Å². The third-order valence-electron chi connectivity index (χ3n) is 6.43. The number of nitrogen functional groups attached to an aromatic ring is 2. The first-order valence-corrected chi connectivity index (χ1v) is 13.1. The summed E-state index contributed by atoms with van der Waals surface area (Å²) < 4.78 is 2.93. The molecule has 230 valence electrons. The van der Waals surface area contributed by atoms with Gasteiger partial charge in [0.2, 0.25) is 11.6 Å². The Bertz CT molecular complexity index is 2040. The zero-order valence-corrected chi connectivity index (χ0v) is 23.5. The van der Waals surface area contributed by atoms with E-state index in [1.165, 1.54) is 58.7 Å². The Morgan fingerprint density at radius 3 is 1.61 bits per heavy atom. The number of carbonyl (C=O) groups is 1. The second kappa shape index (κ2) is 13.1. The number of hydrogen-bond donors (Lipinski definition) is 3. The highest BCUT2D eigenvalue weighted by Crippen LogP contribution is 2.34. The highest BCUT2D eigenvalue weighted by Gasteiger charge is 2.22. The van der Waals surface area contributed by atoms with Crippen LogP contribution in [0.1, 0.15) is 15.9 Å². The van der Waals surface area contributed by atoms with Crippen molar-refractivity contribution in [2.45, 2.75) is 6.61 Å². The van der Waals surface area contributed by atoms with Crippen molar-refractivity contribution in [3.8, 4) is 33.9 Å². The van der Waals surface area contributed by atoms with Gasteiger partial charge in [-0.15, -0.1) is 0 Å². The van der Waals surface area contributed by atoms with Crippen LogP contribution < -0.4 is 11.5 Å². The first-order chi connectivity index (χ1) is 22.2. The normalized spacial score (nSPS) is 10.5. The van der Waals surface area contributed by atoms with E-state index in [2.05, 4.69) is 30.1 Å². The summed E-state index contributed by atoms with van der Waals surface area (Å²) in [6.45, 7) is -0.0971. The largest absolute Gasteiger partial charge is 0.392 e. The number of carbonyl (C=O) groups excluding carboxylic acids is 1. The highest BCUT2D eigenvalue weighted by molar-refractivity contribution is 5.79. The molecule has 46 heavy (non-hydrogen) atoms. The summed E-state index contributed by atoms with van der Waals surface area (Å²) in [5.74, 6) is 0.698. The molecule has 6 aromatic rings. The van der Waals surface area contributed by atoms with E-state index in [4.69, 9.17) is 16.6 Å². The second-order valence-corrected chi connectivity index (χ2v) is 9.30. The zero-order valence-electron chi connectivity index (χ0n) is 23.5. The fraction of sp³-hybridized carbons (Fsp3) is 0.0357. The van der Waals surface area contributed by atoms with Crippen LogP contribution >= 0.6 is 0 Å². The van der Waals surface area contributed by atoms with Gasteiger partial charge in [0.1, 0.15) is 0 Å². The molecule has 0 aliphatic rings. The zero-order chi connectivity index (χ0) is 32.8. The summed E-state index contributed by atoms with van der Waals surface area (Å²) in [5.41, 5.74) is 13.5. The summed E-state index contributed by atoms with van der Waals surface area (Å²) in [6, 6.07) is 9.64. The third kappa shape index (κ3) is 6.35. The fourth-order valence-corrected chi connectivity index (χ4v) is 4.21. The van der Waals surface area contributed by atoms with Gasteiger partial charge in [-0.2, -0.15) is 10.2 Å². The molecule has 0 radical (unpaired) electrons. The molecule has 0 aliphatic carbocycles. The number of aliphatic hydroxyl groups excluding tert-OH is 1. The Kier molecular flexibility index (Phi) is 8.71. The molecule has 0 aliphatic heterocycles. The minimum atomic E-state index is -0.577. The molecule has 0 spiro atoms. The number of hydrogen-bond acceptors (Lipinski definition) is 14. The predicted octanol–water partition coefficient (Wildman–Crippen LogP) is 2.94. The van der Waals surface area contributed by atoms with Gasteiger partial charge in [0.25, 0.3) is 0 Å². The van der Waals surface area contributed by atoms with E-state index in [-0.39, 0.29) is 29.6 Å². The number of aliphatic hydroxyl groups is 1. The standard InChI is InChI=1S/C14H12N6O3.C14H10N6O3/c2*15-14-13(20(22)23)11(3-4-16-14)10-6-18-19(7-10)12-2-1-9(8-21)5-17-12/h1-7,21H,8H2,(H2,15,16);1-8H,(H2,15,16). The SMILES string of the molecule is Nc1nccc(-c2cnn(-c3ccc(C=O)cn3)c2)c1[N+](=O)[O-].Nc1nccc(-c2cnn(-c3ccc(CO)cn3)c2)c1[N+](=O)[O-]. The number of anilines is 2. The summed E-state index contributed by atoms with van der Waals surface area (Å²) in [4.78, 5) is 47.6. The van der Waals surface area contributed by atoms with E-state index in [9.17, 15) is 25.0 Å². The fourth-order valence-electron chi connectivity index (χ4n) is 4.21. The molecule has 0 saturated heterocycles. The maximum absolute atomic E-state index is 11.2. The second-order valence-electron chi connectivity index (χ2n) is 9.30. The Hall–Kier alpha value is -6.95. The van der Waals surface area contributed by atoms with Gasteiger partial charge in [0, 0.05) is 53.9 Å². The van der Waals surface area contributed by atoms with Crippen LogP contribution in [-0.4, -0.2) is 60.7 Å². The first kappa shape index (κ1) is 30.5. The number of aromatic nitrogens is 8. The minimum Gasteiger partial charge on any atom is -0.392 e. The van der Waals surface area contributed by atoms with Crippen molar-refractivity contribution in [1.82, 2.24) is 39.5 Å². The molecule has 5 N–H and O–H groups in total. The van der Waals surface area contributed by atoms with Gasteiger partial charge < -0.3 is 16.6 Å². The lowest BCUT2D eigenvalue weighted by atomic mass is 10.1. The van der Waals surface area contributed by atoms with Crippen LogP contribution in [0.2, 0.25) is 0 Å². The molecular formula is C28H22N12O6. The summed E-state index contributed by atoms with van der Waals surface area (Å²) in [6.07, 6.45) is 12.6. The van der Waals surface area contributed by atoms with Gasteiger partial charge in [0.05, 0.1) is 40.0 Å². The van der Waals surface area contributed by atoms with Crippen LogP contribution in [0.5, 0.6) is 0 Å². The quantitative estimate of drug-likeness (QED) is 0.125. The van der Waals surface area contributed by atoms with Crippen molar-refractivity contribution >= 4 is 29.3 Å². The molecule has 0 unspecified atom stereocenters. The van der Waals surface area contributed by atoms with E-state index < -0.39 is 9.85 Å². The van der Waals surface area contributed by atoms with E-state index in [1.54, 1.807) is 36.7 Å². The van der Waals surface area contributed by atoms with Gasteiger partial charge in [-0.25, -0.2) is 29.3 Å². The van der Waals surface area contributed by atoms with Crippen molar-refractivity contribution in [2.24, 2.45) is 0 Å². The third-order valence-corrected chi connectivity index (χ3v) is 6.43. The van der Waals surface area contributed by atoms with Crippen LogP contribution in [0, 0.1) is 20.2 Å². The molecule has 18 nitrogen and oxygen atoms in total. The minimum absolute atomic E-state index is 0.0971. The number of aldehydes is 1. The molecule has 0 amide bonds. The summed E-state index contributed by atoms with van der Waals surface area (Å²) >= 11 is 0. The van der Waals surface area contributed by atoms with Crippen molar-refractivity contribution < 1.29 is 19.7 Å². The van der Waals surface area contributed by atoms with Gasteiger partial charge in [-0.1, -0.05) is 6.07 Å². The first-order valence-electron chi connectivity index (χ1n) is 13.1. The number of nitrogens with zero attached hydrogens (tertiary/aromatic N) is 10. The van der Waals surface area contributed by atoms with E-state index >= 15 is 0 Å². The van der Waals surface area contributed by atoms with Gasteiger partial charge in [-0.05, 0) is 35.9 Å². The smallest absolute Gasteiger partial charge is 0.319 e. The Morgan fingerprint density at radius 2 is 1.22 bits per heavy atom. The number of pyridine rings is 4. The molecule has 0 bridgehead atoms. The number of nitro groups is 2. The Labute approximate surface area is 257 Å². The topological polar surface area (TPSA) is 263 Å². The molecular weight excluding hydrogens is 600 g/mol. The van der Waals surface area contributed by atoms with Crippen LogP contribution in [0.3, 0.4) is 0 Å². The maximum Gasteiger partial charge on any atom is 0.319 e. The highest BCUT2D eigenvalue weighted by atomic mass is 16.6. The maximum atomic E-state index is 11.2. The molecule has 0 saturated carbocycles. The lowest BCUT2D eigenvalue weighted by Gasteiger charge is -2.02. The molecule has 6 aromatic heterocycles. The van der Waals surface area contributed by atoms with Crippen molar-refractivity contribution in [3.63, 3.8) is 0 Å². The summed E-state index contributed by atoms with van der Waals surface area (Å²) in [7, 11) is 0. The number of nitrogens with two attached hydrogens (primary N) is 2. The lowest BCUT2D eigenvalue weighted by molar-refractivity contribution is -0.383. The lowest BCUT2D eigenvalue weighted by Crippen LogP contribution is -2.00. The predicted molar refractivity (Wildman–Crippen MR) is 163 cm³/mol. The molecule has 0 fully saturated rings. The molecule has 6 heterocycles. The average molecular weight is 623 g/mol. The Balaban J connectivity index is 0.000000181. The molecule has 0 aromatic carbocycles. The summed E-state index contributed by atoms with van der Waals surface area (Å²) in [5, 5.41) is 39.7. The van der Waals surface area contributed by atoms with Gasteiger partial charge >= 0.3 is 11.4 Å². The average Bonchev–Trinajstić information content (AvgIpc) is 3.76. The van der Waals surface area contributed by atoms with Crippen LogP contribution in [-0.2, 0) is 6.61 Å². The van der Waals surface area contributed by atoms with Crippen molar-refractivity contribution in [3.05, 3.63) is 117 Å².